The van der Waals surface area contributed by atoms with Crippen LogP contribution in [0.1, 0.15) is 0 Å². The fraction of sp³-hybridized carbons (Fsp3) is 0. The fourth-order valence-electron chi connectivity index (χ4n) is 1.19. The number of halogens is 1. The Morgan fingerprint density at radius 3 is 2.71 bits per heavy atom. The molecular formula is C11H7ClN2O3. The fourth-order valence-corrected chi connectivity index (χ4v) is 1.37. The number of nitrogens with zero attached hydrogens (tertiary/aromatic N) is 2. The van der Waals surface area contributed by atoms with Gasteiger partial charge in [-0.2, -0.15) is 0 Å². The molecule has 0 aliphatic heterocycles. The highest BCUT2D eigenvalue weighted by Crippen LogP contribution is 2.23. The number of benzene rings is 1. The SMILES string of the molecule is O=[N+]([O-])c1ccc(Oc2cccc(Cl)c2)nc1. The van der Waals surface area contributed by atoms with E-state index in [2.05, 4.69) is 4.98 Å². The lowest BCUT2D eigenvalue weighted by molar-refractivity contribution is -0.385. The van der Waals surface area contributed by atoms with Gasteiger partial charge >= 0.3 is 0 Å². The number of ether oxygens (including phenoxy) is 1. The van der Waals surface area contributed by atoms with Gasteiger partial charge in [0, 0.05) is 17.2 Å². The Bertz CT molecular complexity index is 543. The third-order valence-corrected chi connectivity index (χ3v) is 2.19. The van der Waals surface area contributed by atoms with E-state index in [1.165, 1.54) is 12.1 Å². The van der Waals surface area contributed by atoms with Gasteiger partial charge in [-0.15, -0.1) is 0 Å². The van der Waals surface area contributed by atoms with Gasteiger partial charge in [0.15, 0.2) is 0 Å². The van der Waals surface area contributed by atoms with E-state index >= 15 is 0 Å². The zero-order chi connectivity index (χ0) is 12.3. The second kappa shape index (κ2) is 4.80. The third kappa shape index (κ3) is 2.92. The van der Waals surface area contributed by atoms with Gasteiger partial charge in [0.05, 0.1) is 4.92 Å². The summed E-state index contributed by atoms with van der Waals surface area (Å²) in [6.45, 7) is 0. The van der Waals surface area contributed by atoms with Crippen molar-refractivity contribution in [1.82, 2.24) is 4.98 Å². The topological polar surface area (TPSA) is 65.3 Å². The maximum Gasteiger partial charge on any atom is 0.287 e. The van der Waals surface area contributed by atoms with Crippen molar-refractivity contribution in [1.29, 1.82) is 0 Å². The van der Waals surface area contributed by atoms with Crippen molar-refractivity contribution in [2.24, 2.45) is 0 Å². The summed E-state index contributed by atoms with van der Waals surface area (Å²) in [5, 5.41) is 11.0. The molecule has 86 valence electrons. The molecule has 0 aliphatic rings. The van der Waals surface area contributed by atoms with Gasteiger partial charge in [-0.3, -0.25) is 10.1 Å². The van der Waals surface area contributed by atoms with Gasteiger partial charge in [0.25, 0.3) is 5.69 Å². The van der Waals surface area contributed by atoms with E-state index in [-0.39, 0.29) is 11.6 Å². The Hall–Kier alpha value is -2.14. The highest BCUT2D eigenvalue weighted by Gasteiger charge is 2.06. The van der Waals surface area contributed by atoms with E-state index in [4.69, 9.17) is 16.3 Å². The van der Waals surface area contributed by atoms with Gasteiger partial charge in [-0.1, -0.05) is 17.7 Å². The highest BCUT2D eigenvalue weighted by atomic mass is 35.5. The molecule has 17 heavy (non-hydrogen) atoms. The summed E-state index contributed by atoms with van der Waals surface area (Å²) in [4.78, 5) is 13.7. The van der Waals surface area contributed by atoms with E-state index in [1.54, 1.807) is 24.3 Å². The van der Waals surface area contributed by atoms with Crippen molar-refractivity contribution < 1.29 is 9.66 Å². The number of aromatic nitrogens is 1. The van der Waals surface area contributed by atoms with Gasteiger partial charge in [-0.25, -0.2) is 4.98 Å². The van der Waals surface area contributed by atoms with Crippen LogP contribution in [-0.4, -0.2) is 9.91 Å². The first-order chi connectivity index (χ1) is 8.15. The Labute approximate surface area is 102 Å². The maximum absolute atomic E-state index is 10.4. The van der Waals surface area contributed by atoms with E-state index in [1.807, 2.05) is 0 Å². The van der Waals surface area contributed by atoms with Crippen molar-refractivity contribution in [2.45, 2.75) is 0 Å². The lowest BCUT2D eigenvalue weighted by Crippen LogP contribution is -1.91. The minimum absolute atomic E-state index is 0.0801. The second-order valence-electron chi connectivity index (χ2n) is 3.17. The van der Waals surface area contributed by atoms with Crippen LogP contribution in [0.5, 0.6) is 11.6 Å². The van der Waals surface area contributed by atoms with Crippen molar-refractivity contribution in [3.05, 3.63) is 57.7 Å². The van der Waals surface area contributed by atoms with Crippen LogP contribution in [-0.2, 0) is 0 Å². The number of hydrogen-bond donors (Lipinski definition) is 0. The first-order valence-corrected chi connectivity index (χ1v) is 5.07. The van der Waals surface area contributed by atoms with Crippen LogP contribution in [0.3, 0.4) is 0 Å². The highest BCUT2D eigenvalue weighted by molar-refractivity contribution is 6.30. The summed E-state index contributed by atoms with van der Waals surface area (Å²) in [6, 6.07) is 9.56. The van der Waals surface area contributed by atoms with Gasteiger partial charge in [0.2, 0.25) is 5.88 Å². The molecule has 0 unspecified atom stereocenters. The summed E-state index contributed by atoms with van der Waals surface area (Å²) in [5.41, 5.74) is -0.0801. The maximum atomic E-state index is 10.4. The van der Waals surface area contributed by atoms with Crippen LogP contribution in [0.25, 0.3) is 0 Å². The van der Waals surface area contributed by atoms with Gasteiger partial charge < -0.3 is 4.74 Å². The van der Waals surface area contributed by atoms with Crippen LogP contribution < -0.4 is 4.74 Å². The number of rotatable bonds is 3. The average molecular weight is 251 g/mol. The molecule has 0 saturated heterocycles. The lowest BCUT2D eigenvalue weighted by atomic mass is 10.3. The first-order valence-electron chi connectivity index (χ1n) is 4.69. The Morgan fingerprint density at radius 2 is 2.12 bits per heavy atom. The van der Waals surface area contributed by atoms with Crippen LogP contribution in [0.4, 0.5) is 5.69 Å². The molecule has 1 heterocycles. The normalized spacial score (nSPS) is 9.94. The molecule has 0 amide bonds. The molecule has 0 bridgehead atoms. The molecule has 0 fully saturated rings. The van der Waals surface area contributed by atoms with Crippen LogP contribution in [0.2, 0.25) is 5.02 Å². The van der Waals surface area contributed by atoms with E-state index < -0.39 is 4.92 Å². The lowest BCUT2D eigenvalue weighted by Gasteiger charge is -2.03. The summed E-state index contributed by atoms with van der Waals surface area (Å²) < 4.78 is 5.38. The number of hydrogen-bond acceptors (Lipinski definition) is 4. The molecule has 1 aromatic heterocycles. The predicted molar refractivity (Wildman–Crippen MR) is 62.4 cm³/mol. The molecule has 2 rings (SSSR count). The molecular weight excluding hydrogens is 244 g/mol. The average Bonchev–Trinajstić information content (AvgIpc) is 2.29. The molecule has 1 aromatic carbocycles. The Kier molecular flexibility index (Phi) is 3.20. The van der Waals surface area contributed by atoms with Crippen LogP contribution in [0.15, 0.2) is 42.6 Å². The van der Waals surface area contributed by atoms with E-state index in [0.717, 1.165) is 6.20 Å². The molecule has 0 aliphatic carbocycles. The third-order valence-electron chi connectivity index (χ3n) is 1.95. The summed E-state index contributed by atoms with van der Waals surface area (Å²) >= 11 is 5.79. The van der Waals surface area contributed by atoms with Crippen molar-refractivity contribution >= 4 is 17.3 Å². The largest absolute Gasteiger partial charge is 0.439 e. The van der Waals surface area contributed by atoms with Gasteiger partial charge in [-0.05, 0) is 18.2 Å². The van der Waals surface area contributed by atoms with Crippen LogP contribution >= 0.6 is 11.6 Å². The van der Waals surface area contributed by atoms with E-state index in [0.29, 0.717) is 10.8 Å². The summed E-state index contributed by atoms with van der Waals surface area (Å²) in [5.74, 6) is 0.803. The smallest absolute Gasteiger partial charge is 0.287 e. The van der Waals surface area contributed by atoms with Crippen LogP contribution in [0, 0.1) is 10.1 Å². The van der Waals surface area contributed by atoms with Crippen molar-refractivity contribution in [3.63, 3.8) is 0 Å². The standard InChI is InChI=1S/C11H7ClN2O3/c12-8-2-1-3-10(6-8)17-11-5-4-9(7-13-11)14(15)16/h1-7H. The zero-order valence-electron chi connectivity index (χ0n) is 8.54. The summed E-state index contributed by atoms with van der Waals surface area (Å²) in [7, 11) is 0. The molecule has 0 radical (unpaired) electrons. The second-order valence-corrected chi connectivity index (χ2v) is 3.61. The predicted octanol–water partition coefficient (Wildman–Crippen LogP) is 3.44. The molecule has 0 atom stereocenters. The monoisotopic (exact) mass is 250 g/mol. The molecule has 5 nitrogen and oxygen atoms in total. The molecule has 0 saturated carbocycles. The zero-order valence-corrected chi connectivity index (χ0v) is 9.29. The minimum Gasteiger partial charge on any atom is -0.439 e. The Balaban J connectivity index is 2.16. The first kappa shape index (κ1) is 11.3. The Morgan fingerprint density at radius 1 is 1.29 bits per heavy atom. The molecule has 0 N–H and O–H groups in total. The van der Waals surface area contributed by atoms with Crippen molar-refractivity contribution in [2.75, 3.05) is 0 Å². The number of nitro groups is 1. The molecule has 6 heteroatoms. The van der Waals surface area contributed by atoms with Crippen molar-refractivity contribution in [3.8, 4) is 11.6 Å². The van der Waals surface area contributed by atoms with E-state index in [9.17, 15) is 10.1 Å². The quantitative estimate of drug-likeness (QED) is 0.618. The minimum atomic E-state index is -0.518. The molecule has 2 aromatic rings. The number of pyridine rings is 1. The van der Waals surface area contributed by atoms with Gasteiger partial charge in [0.1, 0.15) is 11.9 Å². The summed E-state index contributed by atoms with van der Waals surface area (Å²) in [6.07, 6.45) is 1.14. The molecule has 0 spiro atoms.